The van der Waals surface area contributed by atoms with Crippen molar-refractivity contribution in [2.75, 3.05) is 6.54 Å². The number of rotatable bonds is 7. The molecule has 0 aromatic heterocycles. The van der Waals surface area contributed by atoms with Gasteiger partial charge in [-0.25, -0.2) is 0 Å². The van der Waals surface area contributed by atoms with Crippen LogP contribution in [0.1, 0.15) is 54.4 Å². The van der Waals surface area contributed by atoms with Crippen LogP contribution in [0.2, 0.25) is 0 Å². The topological polar surface area (TPSA) is 29.1 Å². The van der Waals surface area contributed by atoms with E-state index in [9.17, 15) is 4.79 Å². The average Bonchev–Trinajstić information content (AvgIpc) is 2.23. The van der Waals surface area contributed by atoms with Gasteiger partial charge in [-0.2, -0.15) is 0 Å². The van der Waals surface area contributed by atoms with Gasteiger partial charge in [-0.15, -0.1) is 0 Å². The fourth-order valence-corrected chi connectivity index (χ4v) is 1.54. The molecule has 0 bridgehead atoms. The zero-order valence-corrected chi connectivity index (χ0v) is 11.2. The average molecular weight is 213 g/mol. The summed E-state index contributed by atoms with van der Waals surface area (Å²) >= 11 is 0. The molecular formula is C13H27NO. The SMILES string of the molecule is CCC(C)NCC(=O)C(C)(CC)C(C)C. The Morgan fingerprint density at radius 3 is 2.13 bits per heavy atom. The van der Waals surface area contributed by atoms with Crippen LogP contribution in [0.3, 0.4) is 0 Å². The minimum atomic E-state index is -0.166. The summed E-state index contributed by atoms with van der Waals surface area (Å²) in [5.74, 6) is 0.758. The van der Waals surface area contributed by atoms with Crippen LogP contribution in [0, 0.1) is 11.3 Å². The molecule has 0 heterocycles. The van der Waals surface area contributed by atoms with Gasteiger partial charge >= 0.3 is 0 Å². The van der Waals surface area contributed by atoms with E-state index in [1.54, 1.807) is 0 Å². The Morgan fingerprint density at radius 1 is 1.27 bits per heavy atom. The molecule has 0 rings (SSSR count). The van der Waals surface area contributed by atoms with Crippen molar-refractivity contribution in [1.82, 2.24) is 5.32 Å². The van der Waals surface area contributed by atoms with E-state index in [2.05, 4.69) is 46.9 Å². The fraction of sp³-hybridized carbons (Fsp3) is 0.923. The molecule has 15 heavy (non-hydrogen) atoms. The Balaban J connectivity index is 4.29. The van der Waals surface area contributed by atoms with E-state index in [4.69, 9.17) is 0 Å². The molecule has 0 radical (unpaired) electrons. The first-order valence-corrected chi connectivity index (χ1v) is 6.15. The maximum Gasteiger partial charge on any atom is 0.152 e. The number of hydrogen-bond acceptors (Lipinski definition) is 2. The molecule has 0 saturated carbocycles. The first kappa shape index (κ1) is 14.6. The van der Waals surface area contributed by atoms with Gasteiger partial charge in [0.15, 0.2) is 5.78 Å². The Bertz CT molecular complexity index is 201. The summed E-state index contributed by atoms with van der Waals surface area (Å²) in [5.41, 5.74) is -0.166. The number of carbonyl (C=O) groups is 1. The number of carbonyl (C=O) groups excluding carboxylic acids is 1. The second-order valence-electron chi connectivity index (χ2n) is 5.04. The van der Waals surface area contributed by atoms with Crippen LogP contribution in [-0.4, -0.2) is 18.4 Å². The first-order chi connectivity index (χ1) is 6.88. The molecule has 0 aliphatic rings. The highest BCUT2D eigenvalue weighted by atomic mass is 16.1. The van der Waals surface area contributed by atoms with Gasteiger partial charge in [-0.1, -0.05) is 34.6 Å². The zero-order chi connectivity index (χ0) is 12.1. The maximum absolute atomic E-state index is 12.1. The number of nitrogens with one attached hydrogen (secondary N) is 1. The van der Waals surface area contributed by atoms with E-state index in [0.717, 1.165) is 12.8 Å². The molecule has 0 spiro atoms. The summed E-state index contributed by atoms with van der Waals surface area (Å²) in [7, 11) is 0. The summed E-state index contributed by atoms with van der Waals surface area (Å²) < 4.78 is 0. The predicted molar refractivity (Wildman–Crippen MR) is 66.0 cm³/mol. The van der Waals surface area contributed by atoms with Crippen molar-refractivity contribution in [3.63, 3.8) is 0 Å². The molecule has 0 aliphatic carbocycles. The van der Waals surface area contributed by atoms with Crippen molar-refractivity contribution in [1.29, 1.82) is 0 Å². The molecular weight excluding hydrogens is 186 g/mol. The van der Waals surface area contributed by atoms with Crippen molar-refractivity contribution in [3.05, 3.63) is 0 Å². The van der Waals surface area contributed by atoms with Crippen molar-refractivity contribution >= 4 is 5.78 Å². The van der Waals surface area contributed by atoms with E-state index in [1.807, 2.05) is 0 Å². The second-order valence-corrected chi connectivity index (χ2v) is 5.04. The van der Waals surface area contributed by atoms with Crippen LogP contribution < -0.4 is 5.32 Å². The van der Waals surface area contributed by atoms with E-state index >= 15 is 0 Å². The van der Waals surface area contributed by atoms with Crippen molar-refractivity contribution in [3.8, 4) is 0 Å². The molecule has 0 amide bonds. The van der Waals surface area contributed by atoms with Crippen molar-refractivity contribution in [2.24, 2.45) is 11.3 Å². The molecule has 0 aromatic rings. The third-order valence-corrected chi connectivity index (χ3v) is 3.87. The van der Waals surface area contributed by atoms with E-state index < -0.39 is 0 Å². The van der Waals surface area contributed by atoms with Crippen LogP contribution in [0.15, 0.2) is 0 Å². The largest absolute Gasteiger partial charge is 0.307 e. The smallest absolute Gasteiger partial charge is 0.152 e. The Morgan fingerprint density at radius 2 is 1.80 bits per heavy atom. The minimum absolute atomic E-state index is 0.166. The summed E-state index contributed by atoms with van der Waals surface area (Å²) in [6.45, 7) is 13.2. The van der Waals surface area contributed by atoms with E-state index in [0.29, 0.717) is 24.3 Å². The monoisotopic (exact) mass is 213 g/mol. The number of hydrogen-bond donors (Lipinski definition) is 1. The Labute approximate surface area is 94.8 Å². The van der Waals surface area contributed by atoms with Crippen molar-refractivity contribution < 1.29 is 4.79 Å². The molecule has 0 aliphatic heterocycles. The lowest BCUT2D eigenvalue weighted by Gasteiger charge is -2.31. The summed E-state index contributed by atoms with van der Waals surface area (Å²) in [4.78, 5) is 12.1. The summed E-state index contributed by atoms with van der Waals surface area (Å²) in [5, 5.41) is 3.28. The first-order valence-electron chi connectivity index (χ1n) is 6.15. The summed E-state index contributed by atoms with van der Waals surface area (Å²) in [6.07, 6.45) is 1.99. The molecule has 0 aromatic carbocycles. The van der Waals surface area contributed by atoms with Gasteiger partial charge in [0.05, 0.1) is 6.54 Å². The van der Waals surface area contributed by atoms with Crippen LogP contribution in [0.25, 0.3) is 0 Å². The molecule has 0 fully saturated rings. The molecule has 90 valence electrons. The predicted octanol–water partition coefficient (Wildman–Crippen LogP) is 3.02. The maximum atomic E-state index is 12.1. The van der Waals surface area contributed by atoms with Gasteiger partial charge in [-0.3, -0.25) is 4.79 Å². The third kappa shape index (κ3) is 3.94. The molecule has 2 nitrogen and oxygen atoms in total. The Hall–Kier alpha value is -0.370. The molecule has 2 atom stereocenters. The fourth-order valence-electron chi connectivity index (χ4n) is 1.54. The van der Waals surface area contributed by atoms with E-state index in [1.165, 1.54) is 0 Å². The molecule has 1 N–H and O–H groups in total. The lowest BCUT2D eigenvalue weighted by molar-refractivity contribution is -0.129. The van der Waals surface area contributed by atoms with Gasteiger partial charge in [0.1, 0.15) is 0 Å². The van der Waals surface area contributed by atoms with Gasteiger partial charge in [0.25, 0.3) is 0 Å². The van der Waals surface area contributed by atoms with Crippen LogP contribution in [0.4, 0.5) is 0 Å². The van der Waals surface area contributed by atoms with Crippen LogP contribution in [-0.2, 0) is 4.79 Å². The standard InChI is InChI=1S/C13H27NO/c1-7-11(5)14-9-12(15)13(6,8-2)10(3)4/h10-11,14H,7-9H2,1-6H3. The second kappa shape index (κ2) is 6.26. The number of ketones is 1. The summed E-state index contributed by atoms with van der Waals surface area (Å²) in [6, 6.07) is 0.433. The highest BCUT2D eigenvalue weighted by molar-refractivity contribution is 5.86. The lowest BCUT2D eigenvalue weighted by atomic mass is 9.73. The van der Waals surface area contributed by atoms with Gasteiger partial charge in [0.2, 0.25) is 0 Å². The van der Waals surface area contributed by atoms with Gasteiger partial charge < -0.3 is 5.32 Å². The highest BCUT2D eigenvalue weighted by Gasteiger charge is 2.33. The zero-order valence-electron chi connectivity index (χ0n) is 11.2. The third-order valence-electron chi connectivity index (χ3n) is 3.87. The van der Waals surface area contributed by atoms with Crippen LogP contribution in [0.5, 0.6) is 0 Å². The van der Waals surface area contributed by atoms with Crippen molar-refractivity contribution in [2.45, 2.75) is 60.4 Å². The highest BCUT2D eigenvalue weighted by Crippen LogP contribution is 2.31. The number of Topliss-reactive ketones (excluding diaryl/α,β-unsaturated/α-hetero) is 1. The quantitative estimate of drug-likeness (QED) is 0.704. The normalized spacial score (nSPS) is 17.5. The Kier molecular flexibility index (Phi) is 6.11. The van der Waals surface area contributed by atoms with Gasteiger partial charge in [0, 0.05) is 11.5 Å². The van der Waals surface area contributed by atoms with Crippen LogP contribution >= 0.6 is 0 Å². The molecule has 2 unspecified atom stereocenters. The minimum Gasteiger partial charge on any atom is -0.307 e. The lowest BCUT2D eigenvalue weighted by Crippen LogP contribution is -2.41. The molecule has 2 heteroatoms. The van der Waals surface area contributed by atoms with Gasteiger partial charge in [-0.05, 0) is 25.7 Å². The molecule has 0 saturated heterocycles. The van der Waals surface area contributed by atoms with E-state index in [-0.39, 0.29) is 5.41 Å².